The van der Waals surface area contributed by atoms with Gasteiger partial charge in [-0.25, -0.2) is 4.39 Å². The molecular weight excluding hydrogens is 315 g/mol. The van der Waals surface area contributed by atoms with Gasteiger partial charge in [-0.2, -0.15) is 0 Å². The van der Waals surface area contributed by atoms with Crippen LogP contribution in [0.5, 0.6) is 0 Å². The van der Waals surface area contributed by atoms with Crippen LogP contribution in [0.3, 0.4) is 0 Å². The summed E-state index contributed by atoms with van der Waals surface area (Å²) in [6.07, 6.45) is 10.7. The number of hydrogen-bond donors (Lipinski definition) is 0. The molecule has 0 amide bonds. The van der Waals surface area contributed by atoms with Crippen LogP contribution in [-0.2, 0) is 22.3 Å². The number of unbranched alkanes of at least 4 members (excludes halogenated alkanes) is 4. The molecule has 142 valence electrons. The molecule has 0 unspecified atom stereocenters. The minimum absolute atomic E-state index is 0.0812. The van der Waals surface area contributed by atoms with Crippen LogP contribution in [0.4, 0.5) is 4.39 Å². The predicted molar refractivity (Wildman–Crippen MR) is 101 cm³/mol. The van der Waals surface area contributed by atoms with Crippen molar-refractivity contribution in [1.82, 2.24) is 0 Å². The van der Waals surface area contributed by atoms with E-state index in [0.717, 1.165) is 43.6 Å². The van der Waals surface area contributed by atoms with Crippen molar-refractivity contribution in [2.45, 2.75) is 84.3 Å². The van der Waals surface area contributed by atoms with Crippen LogP contribution in [-0.4, -0.2) is 19.5 Å². The molecule has 1 saturated heterocycles. The minimum Gasteiger partial charge on any atom is -0.352 e. The van der Waals surface area contributed by atoms with E-state index < -0.39 is 0 Å². The Kier molecular flexibility index (Phi) is 9.49. The van der Waals surface area contributed by atoms with Crippen LogP contribution in [0.15, 0.2) is 18.2 Å². The summed E-state index contributed by atoms with van der Waals surface area (Å²) in [6.45, 7) is 5.98. The highest BCUT2D eigenvalue weighted by Crippen LogP contribution is 2.21. The summed E-state index contributed by atoms with van der Waals surface area (Å²) in [5.41, 5.74) is 1.88. The molecule has 0 aliphatic carbocycles. The molecule has 2 rings (SSSR count). The van der Waals surface area contributed by atoms with Crippen LogP contribution in [0.1, 0.15) is 76.3 Å². The molecule has 25 heavy (non-hydrogen) atoms. The second-order valence-corrected chi connectivity index (χ2v) is 7.38. The third-order valence-electron chi connectivity index (χ3n) is 5.09. The number of halogens is 1. The lowest BCUT2D eigenvalue weighted by molar-refractivity contribution is -0.203. The molecule has 0 atom stereocenters. The third-order valence-corrected chi connectivity index (χ3v) is 5.09. The topological polar surface area (TPSA) is 18.5 Å². The van der Waals surface area contributed by atoms with Gasteiger partial charge in [-0.1, -0.05) is 58.1 Å². The van der Waals surface area contributed by atoms with Gasteiger partial charge in [0.2, 0.25) is 0 Å². The first kappa shape index (κ1) is 20.4. The van der Waals surface area contributed by atoms with E-state index in [-0.39, 0.29) is 12.1 Å². The van der Waals surface area contributed by atoms with Gasteiger partial charge in [0.05, 0.1) is 13.2 Å². The highest BCUT2D eigenvalue weighted by Gasteiger charge is 2.22. The Labute approximate surface area is 153 Å². The van der Waals surface area contributed by atoms with Crippen molar-refractivity contribution in [3.63, 3.8) is 0 Å². The molecule has 1 aliphatic heterocycles. The van der Waals surface area contributed by atoms with Crippen molar-refractivity contribution in [3.05, 3.63) is 35.1 Å². The Morgan fingerprint density at radius 3 is 2.32 bits per heavy atom. The van der Waals surface area contributed by atoms with E-state index in [1.165, 1.54) is 38.5 Å². The first-order chi connectivity index (χ1) is 12.2. The fourth-order valence-electron chi connectivity index (χ4n) is 3.40. The normalized spacial score (nSPS) is 20.8. The van der Waals surface area contributed by atoms with Gasteiger partial charge in [0, 0.05) is 12.3 Å². The fourth-order valence-corrected chi connectivity index (χ4v) is 3.40. The van der Waals surface area contributed by atoms with Gasteiger partial charge in [0.15, 0.2) is 6.29 Å². The highest BCUT2D eigenvalue weighted by molar-refractivity contribution is 5.24. The summed E-state index contributed by atoms with van der Waals surface area (Å²) in [5, 5.41) is 0. The molecular formula is C22H35FO2. The number of hydrogen-bond acceptors (Lipinski definition) is 2. The lowest BCUT2D eigenvalue weighted by atomic mass is 10.0. The Hall–Kier alpha value is -0.930. The molecule has 0 bridgehead atoms. The van der Waals surface area contributed by atoms with Crippen molar-refractivity contribution in [3.8, 4) is 0 Å². The Morgan fingerprint density at radius 2 is 1.64 bits per heavy atom. The van der Waals surface area contributed by atoms with E-state index in [0.29, 0.717) is 12.3 Å². The molecule has 0 spiro atoms. The maximum absolute atomic E-state index is 14.3. The van der Waals surface area contributed by atoms with E-state index in [9.17, 15) is 4.39 Å². The zero-order chi connectivity index (χ0) is 17.9. The maximum atomic E-state index is 14.3. The zero-order valence-corrected chi connectivity index (χ0v) is 16.1. The second kappa shape index (κ2) is 11.6. The van der Waals surface area contributed by atoms with Crippen molar-refractivity contribution in [2.24, 2.45) is 5.92 Å². The van der Waals surface area contributed by atoms with Gasteiger partial charge in [-0.15, -0.1) is 0 Å². The minimum atomic E-state index is -0.175. The van der Waals surface area contributed by atoms with E-state index in [1.54, 1.807) is 6.07 Å². The summed E-state index contributed by atoms with van der Waals surface area (Å²) in [7, 11) is 0. The lowest BCUT2D eigenvalue weighted by Gasteiger charge is -2.29. The van der Waals surface area contributed by atoms with Crippen molar-refractivity contribution in [2.75, 3.05) is 13.2 Å². The maximum Gasteiger partial charge on any atom is 0.157 e. The first-order valence-corrected chi connectivity index (χ1v) is 10.2. The SMILES string of the molecule is CCCCCc1ccc(CCC2OCC(CCCCC)CO2)c(F)c1. The summed E-state index contributed by atoms with van der Waals surface area (Å²) < 4.78 is 25.9. The van der Waals surface area contributed by atoms with E-state index in [2.05, 4.69) is 19.9 Å². The first-order valence-electron chi connectivity index (χ1n) is 10.2. The van der Waals surface area contributed by atoms with Gasteiger partial charge in [-0.3, -0.25) is 0 Å². The van der Waals surface area contributed by atoms with Crippen molar-refractivity contribution in [1.29, 1.82) is 0 Å². The van der Waals surface area contributed by atoms with Crippen molar-refractivity contribution >= 4 is 0 Å². The average molecular weight is 351 g/mol. The molecule has 2 nitrogen and oxygen atoms in total. The molecule has 1 aliphatic rings. The molecule has 0 N–H and O–H groups in total. The van der Waals surface area contributed by atoms with Crippen LogP contribution < -0.4 is 0 Å². The summed E-state index contributed by atoms with van der Waals surface area (Å²) in [5.74, 6) is 0.448. The smallest absolute Gasteiger partial charge is 0.157 e. The third kappa shape index (κ3) is 7.45. The Bertz CT molecular complexity index is 481. The Morgan fingerprint density at radius 1 is 0.920 bits per heavy atom. The molecule has 0 saturated carbocycles. The van der Waals surface area contributed by atoms with E-state index in [4.69, 9.17) is 9.47 Å². The Balaban J connectivity index is 1.69. The zero-order valence-electron chi connectivity index (χ0n) is 16.1. The number of aryl methyl sites for hydroxylation is 2. The van der Waals surface area contributed by atoms with Gasteiger partial charge < -0.3 is 9.47 Å². The quantitative estimate of drug-likeness (QED) is 0.452. The molecule has 1 aromatic rings. The predicted octanol–water partition coefficient (Wildman–Crippen LogP) is 6.06. The molecule has 1 heterocycles. The molecule has 0 radical (unpaired) electrons. The van der Waals surface area contributed by atoms with E-state index >= 15 is 0 Å². The van der Waals surface area contributed by atoms with Gasteiger partial charge in [0.1, 0.15) is 5.82 Å². The number of ether oxygens (including phenoxy) is 2. The highest BCUT2D eigenvalue weighted by atomic mass is 19.1. The van der Waals surface area contributed by atoms with Crippen LogP contribution in [0.2, 0.25) is 0 Å². The monoisotopic (exact) mass is 350 g/mol. The summed E-state index contributed by atoms with van der Waals surface area (Å²) in [4.78, 5) is 0. The standard InChI is InChI=1S/C22H35FO2/c1-3-5-7-9-18-11-12-20(21(23)15-18)13-14-22-24-16-19(17-25-22)10-8-6-4-2/h11-12,15,19,22H,3-10,13-14,16-17H2,1-2H3. The molecule has 3 heteroatoms. The van der Waals surface area contributed by atoms with E-state index in [1.807, 2.05) is 6.07 Å². The van der Waals surface area contributed by atoms with Gasteiger partial charge in [-0.05, 0) is 42.9 Å². The molecule has 1 fully saturated rings. The molecule has 1 aromatic carbocycles. The fraction of sp³-hybridized carbons (Fsp3) is 0.727. The van der Waals surface area contributed by atoms with Gasteiger partial charge in [0.25, 0.3) is 0 Å². The molecule has 0 aromatic heterocycles. The van der Waals surface area contributed by atoms with Crippen LogP contribution in [0.25, 0.3) is 0 Å². The lowest BCUT2D eigenvalue weighted by Crippen LogP contribution is -2.32. The van der Waals surface area contributed by atoms with Crippen LogP contribution >= 0.6 is 0 Å². The van der Waals surface area contributed by atoms with Gasteiger partial charge >= 0.3 is 0 Å². The average Bonchev–Trinajstić information content (AvgIpc) is 2.62. The van der Waals surface area contributed by atoms with Crippen LogP contribution in [0, 0.1) is 11.7 Å². The number of rotatable bonds is 11. The largest absolute Gasteiger partial charge is 0.352 e. The summed E-state index contributed by atoms with van der Waals surface area (Å²) in [6, 6.07) is 5.71. The van der Waals surface area contributed by atoms with Crippen molar-refractivity contribution < 1.29 is 13.9 Å². The summed E-state index contributed by atoms with van der Waals surface area (Å²) >= 11 is 0. The second-order valence-electron chi connectivity index (χ2n) is 7.38. The number of benzene rings is 1.